The predicted molar refractivity (Wildman–Crippen MR) is 109 cm³/mol. The molecule has 2 aliphatic rings. The highest BCUT2D eigenvalue weighted by atomic mass is 32.2. The van der Waals surface area contributed by atoms with Gasteiger partial charge in [-0.25, -0.2) is 13.2 Å². The van der Waals surface area contributed by atoms with Crippen molar-refractivity contribution in [3.8, 4) is 0 Å². The van der Waals surface area contributed by atoms with Crippen LogP contribution in [0.2, 0.25) is 0 Å². The van der Waals surface area contributed by atoms with Crippen LogP contribution < -0.4 is 10.2 Å². The van der Waals surface area contributed by atoms with Crippen LogP contribution in [0.4, 0.5) is 10.6 Å². The molecule has 4 rings (SSSR count). The molecular formula is C18H27N7O3S. The van der Waals surface area contributed by atoms with E-state index >= 15 is 0 Å². The zero-order valence-corrected chi connectivity index (χ0v) is 18.0. The maximum absolute atomic E-state index is 12.4. The fraction of sp³-hybridized carbons (Fsp3) is 0.667. The number of hydrogen-bond donors (Lipinski definition) is 1. The molecule has 10 nitrogen and oxygen atoms in total. The third-order valence-corrected chi connectivity index (χ3v) is 7.30. The number of likely N-dealkylation sites (N-methyl/N-ethyl adjacent to an activating group) is 1. The second-order valence-corrected chi connectivity index (χ2v) is 11.2. The lowest BCUT2D eigenvalue weighted by Crippen LogP contribution is -2.62. The summed E-state index contributed by atoms with van der Waals surface area (Å²) in [6.07, 6.45) is 0.484. The van der Waals surface area contributed by atoms with Gasteiger partial charge in [0.25, 0.3) is 0 Å². The molecule has 2 saturated heterocycles. The van der Waals surface area contributed by atoms with Gasteiger partial charge in [0.2, 0.25) is 0 Å². The van der Waals surface area contributed by atoms with Gasteiger partial charge < -0.3 is 15.1 Å². The molecule has 1 N–H and O–H groups in total. The van der Waals surface area contributed by atoms with Gasteiger partial charge in [0.15, 0.2) is 21.3 Å². The summed E-state index contributed by atoms with van der Waals surface area (Å²) >= 11 is 0. The Morgan fingerprint density at radius 1 is 1.24 bits per heavy atom. The van der Waals surface area contributed by atoms with Crippen molar-refractivity contribution in [2.45, 2.75) is 44.7 Å². The third-order valence-electron chi connectivity index (χ3n) is 5.53. The summed E-state index contributed by atoms with van der Waals surface area (Å²) in [6.45, 7) is 7.54. The molecule has 29 heavy (non-hydrogen) atoms. The summed E-state index contributed by atoms with van der Waals surface area (Å²) < 4.78 is 24.9. The summed E-state index contributed by atoms with van der Waals surface area (Å²) in [5.41, 5.74) is 0.535. The number of sulfone groups is 1. The van der Waals surface area contributed by atoms with E-state index < -0.39 is 9.84 Å². The van der Waals surface area contributed by atoms with Crippen LogP contribution in [0.25, 0.3) is 5.65 Å². The molecule has 0 aromatic carbocycles. The molecule has 1 atom stereocenters. The van der Waals surface area contributed by atoms with E-state index in [4.69, 9.17) is 5.10 Å². The Morgan fingerprint density at radius 2 is 1.97 bits per heavy atom. The van der Waals surface area contributed by atoms with Crippen LogP contribution in [0.1, 0.15) is 33.0 Å². The number of fused-ring (bicyclic) bond motifs is 1. The topological polar surface area (TPSA) is 113 Å². The first-order valence-corrected chi connectivity index (χ1v) is 11.6. The van der Waals surface area contributed by atoms with E-state index in [2.05, 4.69) is 41.2 Å². The fourth-order valence-corrected chi connectivity index (χ4v) is 5.33. The van der Waals surface area contributed by atoms with Crippen molar-refractivity contribution in [1.29, 1.82) is 0 Å². The fourth-order valence-electron chi connectivity index (χ4n) is 3.65. The van der Waals surface area contributed by atoms with Crippen LogP contribution in [-0.2, 0) is 15.3 Å². The van der Waals surface area contributed by atoms with Crippen molar-refractivity contribution >= 4 is 27.3 Å². The molecule has 0 radical (unpaired) electrons. The van der Waals surface area contributed by atoms with Gasteiger partial charge in [-0.3, -0.25) is 0 Å². The van der Waals surface area contributed by atoms with Crippen molar-refractivity contribution in [3.63, 3.8) is 0 Å². The normalized spacial score (nSPS) is 21.9. The SMILES string of the molecule is CN(C(=O)NC1CCS(=O)(=O)C1)C1CN(c2ccc3nnc(C(C)(C)C)n3n2)C1. The quantitative estimate of drug-likeness (QED) is 0.765. The van der Waals surface area contributed by atoms with Crippen LogP contribution in [0.15, 0.2) is 12.1 Å². The van der Waals surface area contributed by atoms with Gasteiger partial charge in [-0.1, -0.05) is 20.8 Å². The zero-order valence-electron chi connectivity index (χ0n) is 17.2. The second kappa shape index (κ2) is 6.82. The van der Waals surface area contributed by atoms with E-state index in [0.717, 1.165) is 11.6 Å². The molecule has 0 spiro atoms. The number of urea groups is 1. The lowest BCUT2D eigenvalue weighted by molar-refractivity contribution is 0.175. The first-order chi connectivity index (χ1) is 13.5. The maximum Gasteiger partial charge on any atom is 0.317 e. The van der Waals surface area contributed by atoms with E-state index in [9.17, 15) is 13.2 Å². The maximum atomic E-state index is 12.4. The lowest BCUT2D eigenvalue weighted by atomic mass is 9.96. The van der Waals surface area contributed by atoms with Crippen LogP contribution >= 0.6 is 0 Å². The second-order valence-electron chi connectivity index (χ2n) is 8.95. The largest absolute Gasteiger partial charge is 0.351 e. The number of carbonyl (C=O) groups excluding carboxylic acids is 1. The summed E-state index contributed by atoms with van der Waals surface area (Å²) in [5, 5.41) is 16.0. The first-order valence-electron chi connectivity index (χ1n) is 9.75. The molecule has 2 fully saturated rings. The number of hydrogen-bond acceptors (Lipinski definition) is 7. The van der Waals surface area contributed by atoms with Gasteiger partial charge in [-0.15, -0.1) is 15.3 Å². The predicted octanol–water partition coefficient (Wildman–Crippen LogP) is 0.439. The first kappa shape index (κ1) is 19.9. The molecule has 2 aromatic heterocycles. The standard InChI is InChI=1S/C18H27N7O3S/c1-18(2,3)16-21-20-14-5-6-15(22-25(14)16)24-9-13(10-24)23(4)17(26)19-12-7-8-29(27,28)11-12/h5-6,12-13H,7-11H2,1-4H3,(H,19,26). The number of nitrogens with one attached hydrogen (secondary N) is 1. The molecule has 158 valence electrons. The van der Waals surface area contributed by atoms with Crippen molar-refractivity contribution < 1.29 is 13.2 Å². The van der Waals surface area contributed by atoms with Gasteiger partial charge in [0.05, 0.1) is 17.5 Å². The van der Waals surface area contributed by atoms with Crippen LogP contribution in [-0.4, -0.2) is 82.9 Å². The molecule has 2 amide bonds. The molecule has 2 aromatic rings. The average Bonchev–Trinajstić information content (AvgIpc) is 3.15. The Kier molecular flexibility index (Phi) is 4.67. The van der Waals surface area contributed by atoms with Crippen molar-refractivity contribution in [1.82, 2.24) is 30.0 Å². The van der Waals surface area contributed by atoms with Crippen LogP contribution in [0, 0.1) is 0 Å². The van der Waals surface area contributed by atoms with Gasteiger partial charge >= 0.3 is 6.03 Å². The lowest BCUT2D eigenvalue weighted by Gasteiger charge is -2.44. The van der Waals surface area contributed by atoms with Gasteiger partial charge in [-0.05, 0) is 18.6 Å². The molecule has 0 saturated carbocycles. The minimum atomic E-state index is -3.01. The highest BCUT2D eigenvalue weighted by Gasteiger charge is 2.36. The zero-order chi connectivity index (χ0) is 21.0. The number of amides is 2. The number of nitrogens with zero attached hydrogens (tertiary/aromatic N) is 6. The van der Waals surface area contributed by atoms with E-state index in [-0.39, 0.29) is 35.0 Å². The molecule has 11 heteroatoms. The van der Waals surface area contributed by atoms with Crippen molar-refractivity contribution in [2.75, 3.05) is 36.5 Å². The van der Waals surface area contributed by atoms with Gasteiger partial charge in [0, 0.05) is 31.6 Å². The molecule has 1 unspecified atom stereocenters. The smallest absolute Gasteiger partial charge is 0.317 e. The van der Waals surface area contributed by atoms with E-state index in [1.165, 1.54) is 0 Å². The number of carbonyl (C=O) groups is 1. The van der Waals surface area contributed by atoms with E-state index in [1.54, 1.807) is 16.5 Å². The minimum Gasteiger partial charge on any atom is -0.351 e. The Labute approximate surface area is 170 Å². The summed E-state index contributed by atoms with van der Waals surface area (Å²) in [7, 11) is -1.27. The Morgan fingerprint density at radius 3 is 2.59 bits per heavy atom. The van der Waals surface area contributed by atoms with Crippen molar-refractivity contribution in [3.05, 3.63) is 18.0 Å². The molecule has 2 aliphatic heterocycles. The third kappa shape index (κ3) is 3.87. The molecule has 0 aliphatic carbocycles. The Bertz CT molecular complexity index is 1040. The molecule has 0 bridgehead atoms. The minimum absolute atomic E-state index is 0.0301. The van der Waals surface area contributed by atoms with Crippen molar-refractivity contribution in [2.24, 2.45) is 0 Å². The monoisotopic (exact) mass is 421 g/mol. The summed E-state index contributed by atoms with van der Waals surface area (Å²) in [5.74, 6) is 1.79. The number of rotatable bonds is 3. The number of anilines is 1. The summed E-state index contributed by atoms with van der Waals surface area (Å²) in [6, 6.07) is 3.34. The highest BCUT2D eigenvalue weighted by Crippen LogP contribution is 2.25. The van der Waals surface area contributed by atoms with E-state index in [0.29, 0.717) is 25.2 Å². The molecular weight excluding hydrogens is 394 g/mol. The number of aromatic nitrogens is 4. The van der Waals surface area contributed by atoms with Gasteiger partial charge in [0.1, 0.15) is 5.82 Å². The average molecular weight is 422 g/mol. The Hall–Kier alpha value is -2.43. The molecule has 4 heterocycles. The van der Waals surface area contributed by atoms with E-state index in [1.807, 2.05) is 12.1 Å². The van der Waals surface area contributed by atoms with Gasteiger partial charge in [-0.2, -0.15) is 4.52 Å². The Balaban J connectivity index is 1.38. The van der Waals surface area contributed by atoms with Crippen LogP contribution in [0.3, 0.4) is 0 Å². The highest BCUT2D eigenvalue weighted by molar-refractivity contribution is 7.91. The summed E-state index contributed by atoms with van der Waals surface area (Å²) in [4.78, 5) is 16.2. The van der Waals surface area contributed by atoms with Crippen LogP contribution in [0.5, 0.6) is 0 Å².